The fourth-order valence-corrected chi connectivity index (χ4v) is 2.44. The molecule has 0 heterocycles. The molecule has 3 N–H and O–H groups in total. The normalized spacial score (nSPS) is 19.6. The molecular weight excluding hydrogens is 312 g/mol. The van der Waals surface area contributed by atoms with E-state index in [1.165, 1.54) is 0 Å². The van der Waals surface area contributed by atoms with Crippen LogP contribution in [0.4, 0.5) is 26.3 Å². The molecule has 0 aromatic heterocycles. The summed E-state index contributed by atoms with van der Waals surface area (Å²) in [7, 11) is 0. The molecule has 2 rings (SSSR count). The maximum atomic E-state index is 12.8. The third kappa shape index (κ3) is 3.55. The average molecular weight is 327 g/mol. The van der Waals surface area contributed by atoms with Gasteiger partial charge in [0.1, 0.15) is 0 Å². The Hall–Kier alpha value is -1.28. The minimum absolute atomic E-state index is 0.0476. The lowest BCUT2D eigenvalue weighted by Crippen LogP contribution is -2.36. The Morgan fingerprint density at radius 2 is 1.41 bits per heavy atom. The van der Waals surface area contributed by atoms with E-state index in [4.69, 9.17) is 5.73 Å². The molecule has 0 spiro atoms. The lowest BCUT2D eigenvalue weighted by molar-refractivity contribution is -0.143. The molecule has 0 unspecified atom stereocenters. The Labute approximate surface area is 122 Å². The molecule has 0 saturated heterocycles. The first kappa shape index (κ1) is 17.1. The minimum atomic E-state index is -4.92. The lowest BCUT2D eigenvalue weighted by Gasteiger charge is -2.34. The van der Waals surface area contributed by atoms with Gasteiger partial charge >= 0.3 is 12.4 Å². The Morgan fingerprint density at radius 3 is 1.73 bits per heavy atom. The van der Waals surface area contributed by atoms with E-state index in [1.54, 1.807) is 0 Å². The predicted octanol–water partition coefficient (Wildman–Crippen LogP) is 3.89. The van der Waals surface area contributed by atoms with E-state index in [0.29, 0.717) is 25.0 Å². The molecule has 1 saturated carbocycles. The van der Waals surface area contributed by atoms with Crippen LogP contribution in [0.15, 0.2) is 18.2 Å². The summed E-state index contributed by atoms with van der Waals surface area (Å²) < 4.78 is 76.6. The highest BCUT2D eigenvalue weighted by atomic mass is 19.4. The highest BCUT2D eigenvalue weighted by Crippen LogP contribution is 2.39. The molecule has 8 heteroatoms. The highest BCUT2D eigenvalue weighted by Gasteiger charge is 2.38. The first-order valence-electron chi connectivity index (χ1n) is 6.73. The Morgan fingerprint density at radius 1 is 0.955 bits per heavy atom. The van der Waals surface area contributed by atoms with Crippen LogP contribution in [0.5, 0.6) is 0 Å². The first-order chi connectivity index (χ1) is 10.00. The molecule has 2 nitrogen and oxygen atoms in total. The Kier molecular flexibility index (Phi) is 4.45. The van der Waals surface area contributed by atoms with Crippen molar-refractivity contribution < 1.29 is 31.4 Å². The summed E-state index contributed by atoms with van der Waals surface area (Å²) in [5.74, 6) is -0.182. The number of aliphatic hydroxyl groups is 1. The largest absolute Gasteiger partial charge is 0.416 e. The van der Waals surface area contributed by atoms with E-state index in [1.807, 2.05) is 0 Å². The van der Waals surface area contributed by atoms with Crippen molar-refractivity contribution in [2.45, 2.75) is 43.8 Å². The topological polar surface area (TPSA) is 46.2 Å². The molecule has 0 radical (unpaired) electrons. The van der Waals surface area contributed by atoms with Gasteiger partial charge in [-0.1, -0.05) is 6.42 Å². The number of aliphatic hydroxyl groups excluding tert-OH is 1. The zero-order valence-electron chi connectivity index (χ0n) is 11.4. The van der Waals surface area contributed by atoms with Crippen LogP contribution in [-0.4, -0.2) is 11.2 Å². The smallest absolute Gasteiger partial charge is 0.391 e. The quantitative estimate of drug-likeness (QED) is 0.828. The molecule has 1 fully saturated rings. The zero-order valence-corrected chi connectivity index (χ0v) is 11.4. The van der Waals surface area contributed by atoms with Crippen molar-refractivity contribution in [1.29, 1.82) is 0 Å². The first-order valence-corrected chi connectivity index (χ1v) is 6.73. The van der Waals surface area contributed by atoms with Gasteiger partial charge in [0, 0.05) is 0 Å². The molecule has 1 aromatic rings. The van der Waals surface area contributed by atoms with Crippen LogP contribution in [0.25, 0.3) is 0 Å². The molecule has 2 atom stereocenters. The van der Waals surface area contributed by atoms with E-state index >= 15 is 0 Å². The fraction of sp³-hybridized carbons (Fsp3) is 0.571. The van der Waals surface area contributed by atoms with Crippen LogP contribution in [0.3, 0.4) is 0 Å². The van der Waals surface area contributed by atoms with Crippen LogP contribution in [0.2, 0.25) is 0 Å². The minimum Gasteiger partial charge on any atom is -0.391 e. The van der Waals surface area contributed by atoms with Gasteiger partial charge in [-0.25, -0.2) is 0 Å². The monoisotopic (exact) mass is 327 g/mol. The summed E-state index contributed by atoms with van der Waals surface area (Å²) in [4.78, 5) is 0. The average Bonchev–Trinajstić information content (AvgIpc) is 2.33. The van der Waals surface area contributed by atoms with Crippen LogP contribution >= 0.6 is 0 Å². The van der Waals surface area contributed by atoms with Crippen molar-refractivity contribution in [3.05, 3.63) is 34.9 Å². The van der Waals surface area contributed by atoms with Crippen LogP contribution < -0.4 is 5.73 Å². The fourth-order valence-electron chi connectivity index (χ4n) is 2.44. The zero-order chi connectivity index (χ0) is 16.7. The van der Waals surface area contributed by atoms with E-state index in [-0.39, 0.29) is 17.5 Å². The maximum Gasteiger partial charge on any atom is 0.416 e. The third-order valence-corrected chi connectivity index (χ3v) is 4.00. The van der Waals surface area contributed by atoms with Gasteiger partial charge in [-0.2, -0.15) is 26.3 Å². The van der Waals surface area contributed by atoms with Crippen molar-refractivity contribution in [3.8, 4) is 0 Å². The molecule has 0 bridgehead atoms. The van der Waals surface area contributed by atoms with Crippen molar-refractivity contribution in [2.75, 3.05) is 0 Å². The lowest BCUT2D eigenvalue weighted by atomic mass is 9.77. The maximum absolute atomic E-state index is 12.8. The van der Waals surface area contributed by atoms with Gasteiger partial charge < -0.3 is 10.8 Å². The Bertz CT molecular complexity index is 503. The molecule has 1 aliphatic rings. The highest BCUT2D eigenvalue weighted by molar-refractivity contribution is 5.35. The molecule has 0 amide bonds. The van der Waals surface area contributed by atoms with E-state index in [9.17, 15) is 31.4 Å². The van der Waals surface area contributed by atoms with Gasteiger partial charge in [-0.3, -0.25) is 0 Å². The predicted molar refractivity (Wildman–Crippen MR) is 66.7 cm³/mol. The summed E-state index contributed by atoms with van der Waals surface area (Å²) in [5.41, 5.74) is 2.48. The molecule has 124 valence electrons. The van der Waals surface area contributed by atoms with Gasteiger partial charge in [0.25, 0.3) is 0 Å². The molecule has 0 aliphatic heterocycles. The van der Waals surface area contributed by atoms with Crippen molar-refractivity contribution in [3.63, 3.8) is 0 Å². The Balaban J connectivity index is 2.41. The summed E-state index contributed by atoms with van der Waals surface area (Å²) in [6, 6.07) is -0.0936. The second-order valence-electron chi connectivity index (χ2n) is 5.55. The second-order valence-corrected chi connectivity index (χ2v) is 5.55. The molecule has 1 aromatic carbocycles. The number of rotatable bonds is 3. The van der Waals surface area contributed by atoms with Crippen molar-refractivity contribution in [1.82, 2.24) is 0 Å². The molecule has 1 aliphatic carbocycles. The van der Waals surface area contributed by atoms with Crippen LogP contribution in [0, 0.1) is 5.92 Å². The number of benzene rings is 1. The van der Waals surface area contributed by atoms with Gasteiger partial charge in [-0.15, -0.1) is 0 Å². The summed E-state index contributed by atoms with van der Waals surface area (Å²) >= 11 is 0. The van der Waals surface area contributed by atoms with Crippen LogP contribution in [0.1, 0.15) is 42.0 Å². The SMILES string of the molecule is N[C@@H](c1cc(C(F)(F)F)cc(C(F)(F)F)c1)[C@H](O)C1CCC1. The standard InChI is InChI=1S/C14H15F6NO/c15-13(16,17)9-4-8(5-10(6-9)14(18,19)20)11(21)12(22)7-2-1-3-7/h4-7,11-12,22H,1-3,21H2/t11-,12+/m0/s1. The van der Waals surface area contributed by atoms with Gasteiger partial charge in [0.15, 0.2) is 0 Å². The van der Waals surface area contributed by atoms with E-state index < -0.39 is 35.6 Å². The van der Waals surface area contributed by atoms with Gasteiger partial charge in [0.05, 0.1) is 23.3 Å². The molecular formula is C14H15F6NO. The van der Waals surface area contributed by atoms with Crippen LogP contribution in [-0.2, 0) is 12.4 Å². The van der Waals surface area contributed by atoms with Gasteiger partial charge in [-0.05, 0) is 42.5 Å². The number of hydrogen-bond donors (Lipinski definition) is 2. The summed E-state index contributed by atoms with van der Waals surface area (Å²) in [6.07, 6.45) is -8.79. The van der Waals surface area contributed by atoms with Crippen molar-refractivity contribution >= 4 is 0 Å². The number of hydrogen-bond acceptors (Lipinski definition) is 2. The summed E-state index contributed by atoms with van der Waals surface area (Å²) in [6.45, 7) is 0. The van der Waals surface area contributed by atoms with E-state index in [0.717, 1.165) is 6.42 Å². The van der Waals surface area contributed by atoms with Gasteiger partial charge in [0.2, 0.25) is 0 Å². The molecule has 22 heavy (non-hydrogen) atoms. The van der Waals surface area contributed by atoms with E-state index in [2.05, 4.69) is 0 Å². The number of halogens is 6. The second kappa shape index (κ2) is 5.73. The summed E-state index contributed by atoms with van der Waals surface area (Å²) in [5, 5.41) is 9.99. The third-order valence-electron chi connectivity index (χ3n) is 4.00. The number of nitrogens with two attached hydrogens (primary N) is 1. The number of alkyl halides is 6. The van der Waals surface area contributed by atoms with Crippen molar-refractivity contribution in [2.24, 2.45) is 11.7 Å².